The molecule has 1 aromatic heterocycles. The van der Waals surface area contributed by atoms with Crippen LogP contribution in [-0.2, 0) is 16.0 Å². The number of rotatable bonds is 6. The Kier molecular flexibility index (Phi) is 6.05. The number of fused-ring (bicyclic) bond motifs is 1. The number of halogens is 2. The molecule has 0 saturated heterocycles. The molecule has 162 valence electrons. The molecule has 0 radical (unpaired) electrons. The third kappa shape index (κ3) is 4.40. The number of nitrogens with one attached hydrogen (secondary N) is 1. The molecule has 1 atom stereocenters. The van der Waals surface area contributed by atoms with E-state index in [1.807, 2.05) is 0 Å². The number of hydrogen-bond acceptors (Lipinski definition) is 4. The standard InChI is InChI=1S/C22H20F2N2O5/c1-11(22(30)31)10-25-20(28)8-15-12(2)26(18-9-17(24)19(27)7-16(15)18)21(29)13-3-5-14(23)6-4-13/h3-7,9,11,27H,8,10H2,1-2H3,(H,25,28)(H,30,31). The minimum Gasteiger partial charge on any atom is -0.505 e. The van der Waals surface area contributed by atoms with E-state index in [9.17, 15) is 28.3 Å². The number of carbonyl (C=O) groups is 3. The maximum atomic E-state index is 14.1. The van der Waals surface area contributed by atoms with Gasteiger partial charge in [0.05, 0.1) is 17.9 Å². The number of aromatic nitrogens is 1. The van der Waals surface area contributed by atoms with Crippen molar-refractivity contribution in [1.82, 2.24) is 9.88 Å². The van der Waals surface area contributed by atoms with Crippen molar-refractivity contribution in [2.45, 2.75) is 20.3 Å². The highest BCUT2D eigenvalue weighted by atomic mass is 19.1. The van der Waals surface area contributed by atoms with E-state index in [-0.39, 0.29) is 24.0 Å². The van der Waals surface area contributed by atoms with Gasteiger partial charge in [0.1, 0.15) is 5.82 Å². The summed E-state index contributed by atoms with van der Waals surface area (Å²) >= 11 is 0. The van der Waals surface area contributed by atoms with Gasteiger partial charge in [0.25, 0.3) is 5.91 Å². The molecule has 3 rings (SSSR count). The monoisotopic (exact) mass is 430 g/mol. The minimum absolute atomic E-state index is 0.0831. The van der Waals surface area contributed by atoms with Crippen LogP contribution in [0.4, 0.5) is 8.78 Å². The highest BCUT2D eigenvalue weighted by Crippen LogP contribution is 2.32. The van der Waals surface area contributed by atoms with E-state index in [2.05, 4.69) is 5.32 Å². The quantitative estimate of drug-likeness (QED) is 0.557. The van der Waals surface area contributed by atoms with Crippen LogP contribution in [0.3, 0.4) is 0 Å². The Morgan fingerprint density at radius 3 is 2.39 bits per heavy atom. The maximum Gasteiger partial charge on any atom is 0.308 e. The summed E-state index contributed by atoms with van der Waals surface area (Å²) in [5.74, 6) is -4.99. The first kappa shape index (κ1) is 21.9. The van der Waals surface area contributed by atoms with Gasteiger partial charge in [-0.2, -0.15) is 0 Å². The second-order valence-corrected chi connectivity index (χ2v) is 7.25. The first-order valence-electron chi connectivity index (χ1n) is 9.42. The molecule has 0 aliphatic heterocycles. The van der Waals surface area contributed by atoms with Gasteiger partial charge in [0, 0.05) is 29.3 Å². The second kappa shape index (κ2) is 8.55. The Balaban J connectivity index is 2.04. The van der Waals surface area contributed by atoms with Gasteiger partial charge in [0.2, 0.25) is 5.91 Å². The van der Waals surface area contributed by atoms with Crippen molar-refractivity contribution in [1.29, 1.82) is 0 Å². The van der Waals surface area contributed by atoms with Gasteiger partial charge in [-0.1, -0.05) is 6.92 Å². The summed E-state index contributed by atoms with van der Waals surface area (Å²) in [4.78, 5) is 36.4. The van der Waals surface area contributed by atoms with E-state index >= 15 is 0 Å². The first-order valence-corrected chi connectivity index (χ1v) is 9.42. The van der Waals surface area contributed by atoms with Crippen LogP contribution in [0.1, 0.15) is 28.5 Å². The number of carboxylic acid groups (broad SMARTS) is 1. The third-order valence-electron chi connectivity index (χ3n) is 5.06. The Hall–Kier alpha value is -3.75. The Morgan fingerprint density at radius 1 is 1.13 bits per heavy atom. The number of hydrogen-bond donors (Lipinski definition) is 3. The Morgan fingerprint density at radius 2 is 1.77 bits per heavy atom. The van der Waals surface area contributed by atoms with Gasteiger partial charge in [-0.15, -0.1) is 0 Å². The average Bonchev–Trinajstić information content (AvgIpc) is 2.97. The van der Waals surface area contributed by atoms with Gasteiger partial charge in [0.15, 0.2) is 11.6 Å². The topological polar surface area (TPSA) is 109 Å². The summed E-state index contributed by atoms with van der Waals surface area (Å²) in [6.07, 6.45) is -0.219. The molecule has 3 aromatic rings. The number of phenolic OH excluding ortho intramolecular Hbond substituents is 1. The lowest BCUT2D eigenvalue weighted by molar-refractivity contribution is -0.141. The van der Waals surface area contributed by atoms with E-state index in [1.165, 1.54) is 23.6 Å². The zero-order valence-electron chi connectivity index (χ0n) is 16.8. The molecular formula is C22H20F2N2O5. The second-order valence-electron chi connectivity index (χ2n) is 7.25. The minimum atomic E-state index is -1.06. The fourth-order valence-corrected chi connectivity index (χ4v) is 3.27. The van der Waals surface area contributed by atoms with Crippen LogP contribution in [0.5, 0.6) is 5.75 Å². The van der Waals surface area contributed by atoms with Crippen LogP contribution < -0.4 is 5.32 Å². The molecule has 0 aliphatic rings. The summed E-state index contributed by atoms with van der Waals surface area (Å²) < 4.78 is 28.5. The summed E-state index contributed by atoms with van der Waals surface area (Å²) in [6, 6.07) is 6.96. The summed E-state index contributed by atoms with van der Waals surface area (Å²) in [6.45, 7) is 2.93. The van der Waals surface area contributed by atoms with Gasteiger partial charge >= 0.3 is 5.97 Å². The molecule has 9 heteroatoms. The van der Waals surface area contributed by atoms with E-state index in [1.54, 1.807) is 6.92 Å². The summed E-state index contributed by atoms with van der Waals surface area (Å²) in [7, 11) is 0. The molecule has 0 saturated carbocycles. The van der Waals surface area contributed by atoms with Gasteiger partial charge in [-0.05, 0) is 42.8 Å². The fourth-order valence-electron chi connectivity index (χ4n) is 3.27. The van der Waals surface area contributed by atoms with Gasteiger partial charge in [-0.25, -0.2) is 8.78 Å². The predicted octanol–water partition coefficient (Wildman–Crippen LogP) is 3.00. The van der Waals surface area contributed by atoms with Crippen molar-refractivity contribution < 1.29 is 33.4 Å². The van der Waals surface area contributed by atoms with Gasteiger partial charge < -0.3 is 15.5 Å². The predicted molar refractivity (Wildman–Crippen MR) is 108 cm³/mol. The van der Waals surface area contributed by atoms with E-state index in [0.717, 1.165) is 24.3 Å². The average molecular weight is 430 g/mol. The SMILES string of the molecule is Cc1c(CC(=O)NCC(C)C(=O)O)c2cc(O)c(F)cc2n1C(=O)c1ccc(F)cc1. The first-order chi connectivity index (χ1) is 14.6. The van der Waals surface area contributed by atoms with Crippen LogP contribution >= 0.6 is 0 Å². The van der Waals surface area contributed by atoms with E-state index in [0.29, 0.717) is 16.6 Å². The van der Waals surface area contributed by atoms with Crippen molar-refractivity contribution in [3.8, 4) is 5.75 Å². The van der Waals surface area contributed by atoms with Crippen molar-refractivity contribution >= 4 is 28.7 Å². The number of nitrogens with zero attached hydrogens (tertiary/aromatic N) is 1. The smallest absolute Gasteiger partial charge is 0.308 e. The molecule has 0 fully saturated rings. The molecule has 1 amide bonds. The molecule has 7 nitrogen and oxygen atoms in total. The van der Waals surface area contributed by atoms with Crippen molar-refractivity contribution in [2.24, 2.45) is 5.92 Å². The van der Waals surface area contributed by atoms with Gasteiger partial charge in [-0.3, -0.25) is 19.0 Å². The Labute approximate surface area is 175 Å². The fraction of sp³-hybridized carbons (Fsp3) is 0.227. The van der Waals surface area contributed by atoms with Crippen LogP contribution in [0.2, 0.25) is 0 Å². The van der Waals surface area contributed by atoms with Crippen LogP contribution in [0.15, 0.2) is 36.4 Å². The maximum absolute atomic E-state index is 14.1. The normalized spacial score (nSPS) is 12.0. The molecule has 0 spiro atoms. The molecule has 0 bridgehead atoms. The summed E-state index contributed by atoms with van der Waals surface area (Å²) in [5, 5.41) is 21.6. The Bertz CT molecular complexity index is 1190. The third-order valence-corrected chi connectivity index (χ3v) is 5.06. The number of carbonyl (C=O) groups excluding carboxylic acids is 2. The molecule has 31 heavy (non-hydrogen) atoms. The number of phenols is 1. The van der Waals surface area contributed by atoms with Crippen molar-refractivity contribution in [3.63, 3.8) is 0 Å². The van der Waals surface area contributed by atoms with Crippen molar-refractivity contribution in [2.75, 3.05) is 6.54 Å². The molecule has 1 unspecified atom stereocenters. The zero-order chi connectivity index (χ0) is 22.9. The number of amides is 1. The highest BCUT2D eigenvalue weighted by Gasteiger charge is 2.23. The van der Waals surface area contributed by atoms with Crippen LogP contribution in [-0.4, -0.2) is 39.1 Å². The van der Waals surface area contributed by atoms with Crippen molar-refractivity contribution in [3.05, 3.63) is 64.9 Å². The van der Waals surface area contributed by atoms with E-state index < -0.39 is 41.1 Å². The lowest BCUT2D eigenvalue weighted by atomic mass is 10.1. The van der Waals surface area contributed by atoms with Crippen LogP contribution in [0.25, 0.3) is 10.9 Å². The lowest BCUT2D eigenvalue weighted by Crippen LogP contribution is -2.32. The number of aromatic hydroxyl groups is 1. The number of benzene rings is 2. The molecular weight excluding hydrogens is 410 g/mol. The molecule has 3 N–H and O–H groups in total. The molecule has 0 aliphatic carbocycles. The molecule has 2 aromatic carbocycles. The summed E-state index contributed by atoms with van der Waals surface area (Å²) in [5.41, 5.74) is 1.02. The lowest BCUT2D eigenvalue weighted by Gasteiger charge is -2.09. The molecule has 1 heterocycles. The highest BCUT2D eigenvalue weighted by molar-refractivity contribution is 6.05. The number of carboxylic acids is 1. The largest absolute Gasteiger partial charge is 0.505 e. The number of aliphatic carboxylic acids is 1. The zero-order valence-corrected chi connectivity index (χ0v) is 16.8. The van der Waals surface area contributed by atoms with Crippen LogP contribution in [0, 0.1) is 24.5 Å². The van der Waals surface area contributed by atoms with E-state index in [4.69, 9.17) is 5.11 Å².